The fourth-order valence-corrected chi connectivity index (χ4v) is 1.43. The molecule has 0 fully saturated rings. The quantitative estimate of drug-likeness (QED) is 0.658. The van der Waals surface area contributed by atoms with E-state index < -0.39 is 28.3 Å². The molecule has 0 radical (unpaired) electrons. The molecule has 1 aromatic rings. The minimum Gasteiger partial charge on any atom is -0.369 e. The third kappa shape index (κ3) is 5.10. The monoisotopic (exact) mass is 331 g/mol. The van der Waals surface area contributed by atoms with Crippen LogP contribution in [0.4, 0.5) is 8.78 Å². The molecule has 1 aromatic carbocycles. The van der Waals surface area contributed by atoms with Gasteiger partial charge in [0.2, 0.25) is 9.70 Å². The first-order chi connectivity index (χ1) is 8.63. The molecule has 0 aliphatic carbocycles. The van der Waals surface area contributed by atoms with Crippen molar-refractivity contribution in [3.63, 3.8) is 0 Å². The first kappa shape index (κ1) is 16.4. The molecule has 1 rings (SSSR count). The van der Waals surface area contributed by atoms with Crippen LogP contribution in [0.25, 0.3) is 0 Å². The second-order valence-electron chi connectivity index (χ2n) is 3.76. The number of carbonyl (C=O) groups excluding carboxylic acids is 1. The van der Waals surface area contributed by atoms with Gasteiger partial charge in [-0.15, -0.1) is 0 Å². The van der Waals surface area contributed by atoms with E-state index >= 15 is 0 Å². The minimum atomic E-state index is -3.38. The van der Waals surface area contributed by atoms with Gasteiger partial charge >= 0.3 is 0 Å². The molecule has 1 amide bonds. The van der Waals surface area contributed by atoms with E-state index in [4.69, 9.17) is 34.8 Å². The Hall–Kier alpha value is -0.620. The van der Waals surface area contributed by atoms with E-state index in [0.29, 0.717) is 0 Å². The number of benzene rings is 1. The van der Waals surface area contributed by atoms with Gasteiger partial charge in [0.15, 0.2) is 6.23 Å². The molecule has 0 aromatic heterocycles. The van der Waals surface area contributed by atoms with Crippen LogP contribution in [-0.4, -0.2) is 21.0 Å². The summed E-state index contributed by atoms with van der Waals surface area (Å²) >= 11 is 15.9. The molecule has 19 heavy (non-hydrogen) atoms. The van der Waals surface area contributed by atoms with Crippen molar-refractivity contribution < 1.29 is 18.7 Å². The predicted molar refractivity (Wildman–Crippen MR) is 69.4 cm³/mol. The number of aliphatic hydroxyl groups excluding tert-OH is 1. The molecular formula is C11H10Cl3F2NO2. The molecule has 0 bridgehead atoms. The van der Waals surface area contributed by atoms with Gasteiger partial charge in [-0.05, 0) is 0 Å². The fraction of sp³-hybridized carbons (Fsp3) is 0.364. The van der Waals surface area contributed by atoms with Crippen LogP contribution >= 0.6 is 34.8 Å². The normalized spacial score (nSPS) is 14.0. The Morgan fingerprint density at radius 3 is 2.26 bits per heavy atom. The third-order valence-electron chi connectivity index (χ3n) is 2.19. The number of alkyl halides is 5. The summed E-state index contributed by atoms with van der Waals surface area (Å²) in [7, 11) is 0. The molecule has 0 aliphatic heterocycles. The summed E-state index contributed by atoms with van der Waals surface area (Å²) in [5.41, 5.74) is -0.312. The van der Waals surface area contributed by atoms with Gasteiger partial charge in [-0.25, -0.2) is 8.78 Å². The van der Waals surface area contributed by atoms with Crippen molar-refractivity contribution in [1.29, 1.82) is 0 Å². The first-order valence-corrected chi connectivity index (χ1v) is 6.24. The highest BCUT2D eigenvalue weighted by molar-refractivity contribution is 6.68. The van der Waals surface area contributed by atoms with E-state index in [1.807, 2.05) is 0 Å². The van der Waals surface area contributed by atoms with Crippen LogP contribution < -0.4 is 5.32 Å². The van der Waals surface area contributed by atoms with Crippen molar-refractivity contribution >= 4 is 40.7 Å². The minimum absolute atomic E-state index is 0.312. The number of nitrogens with one attached hydrogen (secondary N) is 1. The lowest BCUT2D eigenvalue weighted by molar-refractivity contribution is -0.132. The molecule has 106 valence electrons. The van der Waals surface area contributed by atoms with Crippen molar-refractivity contribution in [2.24, 2.45) is 0 Å². The van der Waals surface area contributed by atoms with Crippen LogP contribution in [0.2, 0.25) is 0 Å². The van der Waals surface area contributed by atoms with Gasteiger partial charge in [-0.1, -0.05) is 65.1 Å². The molecule has 0 heterocycles. The Kier molecular flexibility index (Phi) is 5.38. The van der Waals surface area contributed by atoms with Gasteiger partial charge in [-0.3, -0.25) is 4.79 Å². The first-order valence-electron chi connectivity index (χ1n) is 5.10. The van der Waals surface area contributed by atoms with Crippen LogP contribution in [0.3, 0.4) is 0 Å². The van der Waals surface area contributed by atoms with Crippen molar-refractivity contribution in [3.8, 4) is 0 Å². The Labute approximate surface area is 123 Å². The van der Waals surface area contributed by atoms with Crippen LogP contribution in [0, 0.1) is 0 Å². The van der Waals surface area contributed by atoms with E-state index in [1.54, 1.807) is 11.4 Å². The van der Waals surface area contributed by atoms with Gasteiger partial charge < -0.3 is 10.4 Å². The Balaban J connectivity index is 2.67. The van der Waals surface area contributed by atoms with E-state index in [2.05, 4.69) is 0 Å². The molecule has 0 saturated carbocycles. The highest BCUT2D eigenvalue weighted by Crippen LogP contribution is 2.32. The number of hydrogen-bond donors (Lipinski definition) is 2. The second-order valence-corrected chi connectivity index (χ2v) is 6.13. The number of carbonyl (C=O) groups is 1. The van der Waals surface area contributed by atoms with Crippen LogP contribution in [-0.2, 0) is 10.7 Å². The third-order valence-corrected chi connectivity index (χ3v) is 2.81. The second kappa shape index (κ2) is 6.22. The SMILES string of the molecule is O=C(CC(F)(F)c1ccccc1)NC(O)C(Cl)(Cl)Cl. The number of rotatable bonds is 4. The maximum atomic E-state index is 13.7. The lowest BCUT2D eigenvalue weighted by Crippen LogP contribution is -2.44. The fourth-order valence-electron chi connectivity index (χ4n) is 1.27. The van der Waals surface area contributed by atoms with Gasteiger partial charge in [0.25, 0.3) is 5.92 Å². The van der Waals surface area contributed by atoms with Crippen LogP contribution in [0.15, 0.2) is 30.3 Å². The Morgan fingerprint density at radius 1 is 1.26 bits per heavy atom. The van der Waals surface area contributed by atoms with E-state index in [1.165, 1.54) is 24.3 Å². The van der Waals surface area contributed by atoms with Gasteiger partial charge in [0.1, 0.15) is 0 Å². The predicted octanol–water partition coefficient (Wildman–Crippen LogP) is 2.97. The standard InChI is InChI=1S/C11H10Cl3F2NO2/c12-11(13,14)9(19)17-8(18)6-10(15,16)7-4-2-1-3-5-7/h1-5,9,19H,6H2,(H,17,18). The molecule has 1 unspecified atom stereocenters. The molecule has 2 N–H and O–H groups in total. The van der Waals surface area contributed by atoms with E-state index in [9.17, 15) is 18.7 Å². The molecule has 0 saturated heterocycles. The molecular weight excluding hydrogens is 322 g/mol. The highest BCUT2D eigenvalue weighted by Gasteiger charge is 2.37. The number of hydrogen-bond acceptors (Lipinski definition) is 2. The zero-order chi connectivity index (χ0) is 14.7. The summed E-state index contributed by atoms with van der Waals surface area (Å²) in [6.45, 7) is 0. The maximum absolute atomic E-state index is 13.7. The van der Waals surface area contributed by atoms with Crippen LogP contribution in [0.5, 0.6) is 0 Å². The molecule has 8 heteroatoms. The van der Waals surface area contributed by atoms with E-state index in [0.717, 1.165) is 0 Å². The lowest BCUT2D eigenvalue weighted by Gasteiger charge is -2.22. The van der Waals surface area contributed by atoms with Crippen molar-refractivity contribution in [3.05, 3.63) is 35.9 Å². The number of aliphatic hydroxyl groups is 1. The van der Waals surface area contributed by atoms with Gasteiger partial charge in [0.05, 0.1) is 6.42 Å². The molecule has 3 nitrogen and oxygen atoms in total. The molecule has 1 atom stereocenters. The van der Waals surface area contributed by atoms with Crippen LogP contribution in [0.1, 0.15) is 12.0 Å². The Morgan fingerprint density at radius 2 is 1.79 bits per heavy atom. The number of amides is 1. The Bertz CT molecular complexity index is 437. The average molecular weight is 333 g/mol. The summed E-state index contributed by atoms with van der Waals surface area (Å²) in [5, 5.41) is 11.0. The number of halogens is 5. The smallest absolute Gasteiger partial charge is 0.281 e. The summed E-state index contributed by atoms with van der Waals surface area (Å²) < 4.78 is 25.2. The van der Waals surface area contributed by atoms with Crippen molar-refractivity contribution in [2.75, 3.05) is 0 Å². The largest absolute Gasteiger partial charge is 0.369 e. The summed E-state index contributed by atoms with van der Waals surface area (Å²) in [4.78, 5) is 11.4. The van der Waals surface area contributed by atoms with Gasteiger partial charge in [0, 0.05) is 5.56 Å². The highest BCUT2D eigenvalue weighted by atomic mass is 35.6. The zero-order valence-electron chi connectivity index (χ0n) is 9.42. The summed E-state index contributed by atoms with van der Waals surface area (Å²) in [6, 6.07) is 6.82. The van der Waals surface area contributed by atoms with Crippen molar-refractivity contribution in [2.45, 2.75) is 22.4 Å². The topological polar surface area (TPSA) is 49.3 Å². The lowest BCUT2D eigenvalue weighted by atomic mass is 10.1. The van der Waals surface area contributed by atoms with Crippen molar-refractivity contribution in [1.82, 2.24) is 5.32 Å². The average Bonchev–Trinajstić information content (AvgIpc) is 2.28. The van der Waals surface area contributed by atoms with Gasteiger partial charge in [-0.2, -0.15) is 0 Å². The zero-order valence-corrected chi connectivity index (χ0v) is 11.7. The van der Waals surface area contributed by atoms with E-state index in [-0.39, 0.29) is 5.56 Å². The molecule has 0 spiro atoms. The molecule has 0 aliphatic rings. The summed E-state index contributed by atoms with van der Waals surface area (Å²) in [5.74, 6) is -4.51. The maximum Gasteiger partial charge on any atom is 0.281 e. The summed E-state index contributed by atoms with van der Waals surface area (Å²) in [6.07, 6.45) is -3.02.